The van der Waals surface area contributed by atoms with Crippen LogP contribution in [0.15, 0.2) is 82.6 Å². The predicted molar refractivity (Wildman–Crippen MR) is 117 cm³/mol. The van der Waals surface area contributed by atoms with Crippen LogP contribution in [0.3, 0.4) is 0 Å². The molecule has 0 aliphatic heterocycles. The van der Waals surface area contributed by atoms with Crippen molar-refractivity contribution in [3.8, 4) is 11.6 Å². The van der Waals surface area contributed by atoms with Crippen LogP contribution in [-0.2, 0) is 17.9 Å². The minimum absolute atomic E-state index is 0.0527. The van der Waals surface area contributed by atoms with E-state index in [1.165, 1.54) is 23.9 Å². The summed E-state index contributed by atoms with van der Waals surface area (Å²) in [5.74, 6) is 1.10. The van der Waals surface area contributed by atoms with E-state index in [1.807, 2.05) is 41.0 Å². The molecular weight excluding hydrogens is 415 g/mol. The number of aromatic nitrogens is 3. The van der Waals surface area contributed by atoms with Crippen LogP contribution in [0.1, 0.15) is 11.1 Å². The van der Waals surface area contributed by atoms with E-state index in [-0.39, 0.29) is 17.5 Å². The lowest BCUT2D eigenvalue weighted by molar-refractivity contribution is -0.127. The summed E-state index contributed by atoms with van der Waals surface area (Å²) in [6, 6.07) is 19.8. The number of rotatable bonds is 8. The van der Waals surface area contributed by atoms with Crippen LogP contribution >= 0.6 is 11.8 Å². The predicted octanol–water partition coefficient (Wildman–Crippen LogP) is 4.48. The number of hydrogen-bond donors (Lipinski definition) is 0. The number of carbonyl (C=O) groups is 1. The molecule has 4 rings (SSSR count). The Morgan fingerprint density at radius 1 is 1.03 bits per heavy atom. The number of carbonyl (C=O) groups excluding carboxylic acids is 1. The molecule has 0 fully saturated rings. The number of benzene rings is 2. The van der Waals surface area contributed by atoms with Gasteiger partial charge in [0.1, 0.15) is 5.82 Å². The average molecular weight is 437 g/mol. The maximum atomic E-state index is 13.1. The topological polar surface area (TPSA) is 64.2 Å². The summed E-state index contributed by atoms with van der Waals surface area (Å²) in [6.07, 6.45) is 1.59. The number of hydrogen-bond acceptors (Lipinski definition) is 5. The first-order chi connectivity index (χ1) is 15.1. The number of thioether (sulfide) groups is 1. The third-order valence-corrected chi connectivity index (χ3v) is 5.68. The zero-order chi connectivity index (χ0) is 21.6. The Morgan fingerprint density at radius 3 is 2.52 bits per heavy atom. The van der Waals surface area contributed by atoms with E-state index in [4.69, 9.17) is 4.42 Å². The molecule has 0 atom stereocenters. The van der Waals surface area contributed by atoms with Gasteiger partial charge in [-0.05, 0) is 35.4 Å². The second kappa shape index (κ2) is 9.61. The summed E-state index contributed by atoms with van der Waals surface area (Å²) in [5, 5.41) is 9.23. The van der Waals surface area contributed by atoms with Crippen molar-refractivity contribution >= 4 is 17.7 Å². The molecule has 0 unspecified atom stereocenters. The quantitative estimate of drug-likeness (QED) is 0.381. The molecule has 2 aromatic carbocycles. The highest BCUT2D eigenvalue weighted by Gasteiger charge is 2.19. The molecule has 0 N–H and O–H groups in total. The van der Waals surface area contributed by atoms with E-state index in [0.717, 1.165) is 11.1 Å². The normalized spacial score (nSPS) is 10.9. The van der Waals surface area contributed by atoms with E-state index in [1.54, 1.807) is 36.4 Å². The lowest BCUT2D eigenvalue weighted by Gasteiger charge is -2.17. The van der Waals surface area contributed by atoms with Gasteiger partial charge in [0.05, 0.1) is 18.6 Å². The van der Waals surface area contributed by atoms with Gasteiger partial charge in [0, 0.05) is 13.6 Å². The largest absolute Gasteiger partial charge is 0.461 e. The van der Waals surface area contributed by atoms with Crippen molar-refractivity contribution < 1.29 is 13.6 Å². The Kier molecular flexibility index (Phi) is 6.47. The molecule has 158 valence electrons. The van der Waals surface area contributed by atoms with Crippen LogP contribution in [0.25, 0.3) is 11.6 Å². The molecule has 0 saturated heterocycles. The third-order valence-electron chi connectivity index (χ3n) is 4.73. The second-order valence-corrected chi connectivity index (χ2v) is 7.96. The molecule has 31 heavy (non-hydrogen) atoms. The molecule has 0 radical (unpaired) electrons. The molecule has 0 spiro atoms. The second-order valence-electron chi connectivity index (χ2n) is 7.02. The summed E-state index contributed by atoms with van der Waals surface area (Å²) in [4.78, 5) is 14.3. The minimum atomic E-state index is -0.293. The highest BCUT2D eigenvalue weighted by Crippen LogP contribution is 2.25. The third kappa shape index (κ3) is 5.21. The maximum Gasteiger partial charge on any atom is 0.233 e. The zero-order valence-corrected chi connectivity index (χ0v) is 17.8. The Morgan fingerprint density at radius 2 is 1.81 bits per heavy atom. The highest BCUT2D eigenvalue weighted by molar-refractivity contribution is 7.99. The van der Waals surface area contributed by atoms with Crippen LogP contribution in [0.4, 0.5) is 4.39 Å². The lowest BCUT2D eigenvalue weighted by atomic mass is 10.2. The summed E-state index contributed by atoms with van der Waals surface area (Å²) in [5.41, 5.74) is 1.96. The van der Waals surface area contributed by atoms with Crippen molar-refractivity contribution in [1.29, 1.82) is 0 Å². The van der Waals surface area contributed by atoms with Gasteiger partial charge in [0.2, 0.25) is 11.7 Å². The Labute approximate surface area is 183 Å². The van der Waals surface area contributed by atoms with Crippen molar-refractivity contribution in [3.05, 3.63) is 89.9 Å². The van der Waals surface area contributed by atoms with Crippen LogP contribution in [0.5, 0.6) is 0 Å². The van der Waals surface area contributed by atoms with E-state index in [0.29, 0.717) is 29.8 Å². The molecular formula is C23H21FN4O2S. The summed E-state index contributed by atoms with van der Waals surface area (Å²) in [7, 11) is 1.73. The Bertz CT molecular complexity index is 1130. The number of amides is 1. The van der Waals surface area contributed by atoms with Gasteiger partial charge in [-0.15, -0.1) is 10.2 Å². The monoisotopic (exact) mass is 436 g/mol. The van der Waals surface area contributed by atoms with Gasteiger partial charge in [0.25, 0.3) is 0 Å². The summed E-state index contributed by atoms with van der Waals surface area (Å²) in [6.45, 7) is 0.972. The fourth-order valence-electron chi connectivity index (χ4n) is 3.08. The van der Waals surface area contributed by atoms with Crippen molar-refractivity contribution in [2.45, 2.75) is 18.2 Å². The molecule has 6 nitrogen and oxygen atoms in total. The highest BCUT2D eigenvalue weighted by atomic mass is 32.2. The zero-order valence-electron chi connectivity index (χ0n) is 16.9. The van der Waals surface area contributed by atoms with Crippen LogP contribution in [0.2, 0.25) is 0 Å². The van der Waals surface area contributed by atoms with Gasteiger partial charge in [0.15, 0.2) is 10.9 Å². The SMILES string of the molecule is CN(Cc1ccc(F)cc1)C(=O)CSc1nnc(-c2ccco2)n1Cc1ccccc1. The summed E-state index contributed by atoms with van der Waals surface area (Å²) >= 11 is 1.33. The average Bonchev–Trinajstić information content (AvgIpc) is 3.44. The first-order valence-electron chi connectivity index (χ1n) is 9.72. The molecule has 2 heterocycles. The first kappa shape index (κ1) is 20.9. The van der Waals surface area contributed by atoms with Gasteiger partial charge in [-0.3, -0.25) is 9.36 Å². The smallest absolute Gasteiger partial charge is 0.233 e. The molecule has 0 aliphatic carbocycles. The van der Waals surface area contributed by atoms with E-state index < -0.39 is 0 Å². The van der Waals surface area contributed by atoms with Crippen LogP contribution in [0, 0.1) is 5.82 Å². The fraction of sp³-hybridized carbons (Fsp3) is 0.174. The van der Waals surface area contributed by atoms with Crippen molar-refractivity contribution in [1.82, 2.24) is 19.7 Å². The standard InChI is InChI=1S/C23H21FN4O2S/c1-27(14-18-9-11-19(24)12-10-18)21(29)16-31-23-26-25-22(20-8-5-13-30-20)28(23)15-17-6-3-2-4-7-17/h2-13H,14-16H2,1H3. The molecule has 8 heteroatoms. The van der Waals surface area contributed by atoms with E-state index >= 15 is 0 Å². The van der Waals surface area contributed by atoms with Gasteiger partial charge < -0.3 is 9.32 Å². The molecule has 2 aromatic heterocycles. The van der Waals surface area contributed by atoms with E-state index in [2.05, 4.69) is 10.2 Å². The molecule has 0 saturated carbocycles. The van der Waals surface area contributed by atoms with Gasteiger partial charge in [-0.2, -0.15) is 0 Å². The van der Waals surface area contributed by atoms with E-state index in [9.17, 15) is 9.18 Å². The van der Waals surface area contributed by atoms with Crippen molar-refractivity contribution in [2.75, 3.05) is 12.8 Å². The summed E-state index contributed by atoms with van der Waals surface area (Å²) < 4.78 is 20.5. The van der Waals surface area contributed by atoms with Gasteiger partial charge in [-0.1, -0.05) is 54.2 Å². The van der Waals surface area contributed by atoms with Crippen LogP contribution in [-0.4, -0.2) is 38.4 Å². The fourth-order valence-corrected chi connectivity index (χ4v) is 3.96. The number of nitrogens with zero attached hydrogens (tertiary/aromatic N) is 4. The lowest BCUT2D eigenvalue weighted by Crippen LogP contribution is -2.27. The van der Waals surface area contributed by atoms with Crippen molar-refractivity contribution in [2.24, 2.45) is 0 Å². The molecule has 4 aromatic rings. The number of furan rings is 1. The molecule has 0 bridgehead atoms. The van der Waals surface area contributed by atoms with Crippen molar-refractivity contribution in [3.63, 3.8) is 0 Å². The molecule has 1 amide bonds. The maximum absolute atomic E-state index is 13.1. The minimum Gasteiger partial charge on any atom is -0.461 e. The van der Waals surface area contributed by atoms with Gasteiger partial charge >= 0.3 is 0 Å². The van der Waals surface area contributed by atoms with Crippen LogP contribution < -0.4 is 0 Å². The molecule has 0 aliphatic rings. The number of halogens is 1. The first-order valence-corrected chi connectivity index (χ1v) is 10.7. The Balaban J connectivity index is 1.47. The van der Waals surface area contributed by atoms with Gasteiger partial charge in [-0.25, -0.2) is 4.39 Å². The Hall–Kier alpha value is -3.39.